The van der Waals surface area contributed by atoms with E-state index in [2.05, 4.69) is 10.3 Å². The number of hydrogen-bond acceptors (Lipinski definition) is 4. The van der Waals surface area contributed by atoms with E-state index in [9.17, 15) is 9.59 Å². The molecule has 2 heterocycles. The third-order valence-corrected chi connectivity index (χ3v) is 5.21. The molecule has 2 aromatic carbocycles. The number of anilines is 1. The SMILES string of the molecule is Cc1ccn2c(=O)cc(COc3cc(NC(=O)CCc4ccccc4)ccc3C)nc2c1. The van der Waals surface area contributed by atoms with E-state index in [-0.39, 0.29) is 18.1 Å². The highest BCUT2D eigenvalue weighted by molar-refractivity contribution is 5.91. The van der Waals surface area contributed by atoms with E-state index in [4.69, 9.17) is 4.74 Å². The van der Waals surface area contributed by atoms with E-state index in [1.807, 2.05) is 68.4 Å². The molecular formula is C26H25N3O3. The molecule has 0 aliphatic heterocycles. The molecule has 2 aromatic heterocycles. The lowest BCUT2D eigenvalue weighted by atomic mass is 10.1. The molecule has 0 atom stereocenters. The molecule has 162 valence electrons. The van der Waals surface area contributed by atoms with Gasteiger partial charge in [0.1, 0.15) is 18.0 Å². The van der Waals surface area contributed by atoms with Crippen molar-refractivity contribution in [2.45, 2.75) is 33.3 Å². The van der Waals surface area contributed by atoms with Gasteiger partial charge in [0.2, 0.25) is 5.91 Å². The van der Waals surface area contributed by atoms with Crippen molar-refractivity contribution >= 4 is 17.2 Å². The molecule has 1 N–H and O–H groups in total. The first-order valence-electron chi connectivity index (χ1n) is 10.5. The van der Waals surface area contributed by atoms with Crippen molar-refractivity contribution in [1.29, 1.82) is 0 Å². The number of nitrogens with one attached hydrogen (secondary N) is 1. The van der Waals surface area contributed by atoms with Gasteiger partial charge in [-0.15, -0.1) is 0 Å². The van der Waals surface area contributed by atoms with Gasteiger partial charge in [0.05, 0.1) is 5.69 Å². The summed E-state index contributed by atoms with van der Waals surface area (Å²) < 4.78 is 7.45. The number of pyridine rings is 1. The Balaban J connectivity index is 1.42. The number of aryl methyl sites for hydroxylation is 3. The topological polar surface area (TPSA) is 72.7 Å². The number of carbonyl (C=O) groups excluding carboxylic acids is 1. The van der Waals surface area contributed by atoms with Crippen LogP contribution >= 0.6 is 0 Å². The molecule has 0 saturated heterocycles. The number of rotatable bonds is 7. The first-order chi connectivity index (χ1) is 15.5. The molecule has 0 aliphatic rings. The van der Waals surface area contributed by atoms with Gasteiger partial charge in [0.25, 0.3) is 5.56 Å². The molecule has 6 heteroatoms. The van der Waals surface area contributed by atoms with Crippen LogP contribution in [0.15, 0.2) is 77.7 Å². The highest BCUT2D eigenvalue weighted by Crippen LogP contribution is 2.24. The lowest BCUT2D eigenvalue weighted by molar-refractivity contribution is -0.116. The van der Waals surface area contributed by atoms with Crippen LogP contribution in [-0.2, 0) is 17.8 Å². The molecule has 0 fully saturated rings. The average Bonchev–Trinajstić information content (AvgIpc) is 2.78. The van der Waals surface area contributed by atoms with Gasteiger partial charge in [-0.3, -0.25) is 14.0 Å². The molecular weight excluding hydrogens is 402 g/mol. The van der Waals surface area contributed by atoms with Gasteiger partial charge in [-0.05, 0) is 55.2 Å². The number of nitrogens with zero attached hydrogens (tertiary/aromatic N) is 2. The molecule has 4 rings (SSSR count). The zero-order valence-electron chi connectivity index (χ0n) is 18.2. The van der Waals surface area contributed by atoms with Gasteiger partial charge >= 0.3 is 0 Å². The van der Waals surface area contributed by atoms with Crippen molar-refractivity contribution in [2.75, 3.05) is 5.32 Å². The zero-order chi connectivity index (χ0) is 22.5. The van der Waals surface area contributed by atoms with Crippen LogP contribution in [0.3, 0.4) is 0 Å². The molecule has 4 aromatic rings. The molecule has 0 spiro atoms. The molecule has 0 aliphatic carbocycles. The second-order valence-electron chi connectivity index (χ2n) is 7.82. The van der Waals surface area contributed by atoms with E-state index in [1.54, 1.807) is 12.3 Å². The Bertz CT molecular complexity index is 1310. The summed E-state index contributed by atoms with van der Waals surface area (Å²) in [4.78, 5) is 29.2. The van der Waals surface area contributed by atoms with Gasteiger partial charge in [0, 0.05) is 30.4 Å². The van der Waals surface area contributed by atoms with E-state index in [1.165, 1.54) is 10.5 Å². The summed E-state index contributed by atoms with van der Waals surface area (Å²) in [7, 11) is 0. The second-order valence-corrected chi connectivity index (χ2v) is 7.82. The van der Waals surface area contributed by atoms with Crippen molar-refractivity contribution in [1.82, 2.24) is 9.38 Å². The number of ether oxygens (including phenoxy) is 1. The Labute approximate surface area is 186 Å². The molecule has 0 bridgehead atoms. The van der Waals surface area contributed by atoms with Gasteiger partial charge < -0.3 is 10.1 Å². The van der Waals surface area contributed by atoms with Crippen LogP contribution in [0.4, 0.5) is 5.69 Å². The lowest BCUT2D eigenvalue weighted by Crippen LogP contribution is -2.16. The Morgan fingerprint density at radius 2 is 1.84 bits per heavy atom. The Morgan fingerprint density at radius 1 is 1.03 bits per heavy atom. The highest BCUT2D eigenvalue weighted by atomic mass is 16.5. The molecule has 32 heavy (non-hydrogen) atoms. The Morgan fingerprint density at radius 3 is 2.66 bits per heavy atom. The molecule has 1 amide bonds. The molecule has 0 saturated carbocycles. The summed E-state index contributed by atoms with van der Waals surface area (Å²) in [5, 5.41) is 2.93. The summed E-state index contributed by atoms with van der Waals surface area (Å²) in [6.07, 6.45) is 2.81. The summed E-state index contributed by atoms with van der Waals surface area (Å²) in [5.41, 5.74) is 4.76. The fourth-order valence-corrected chi connectivity index (χ4v) is 3.44. The van der Waals surface area contributed by atoms with Crippen LogP contribution in [0, 0.1) is 13.8 Å². The van der Waals surface area contributed by atoms with Gasteiger partial charge in [-0.2, -0.15) is 0 Å². The minimum Gasteiger partial charge on any atom is -0.487 e. The molecule has 0 unspecified atom stereocenters. The van der Waals surface area contributed by atoms with Crippen molar-refractivity contribution in [3.63, 3.8) is 0 Å². The number of hydrogen-bond donors (Lipinski definition) is 1. The van der Waals surface area contributed by atoms with E-state index >= 15 is 0 Å². The maximum atomic E-state index is 12.4. The predicted octanol–water partition coefficient (Wildman–Crippen LogP) is 4.46. The van der Waals surface area contributed by atoms with Gasteiger partial charge in [-0.1, -0.05) is 36.4 Å². The normalized spacial score (nSPS) is 10.8. The van der Waals surface area contributed by atoms with Crippen LogP contribution in [0.5, 0.6) is 5.75 Å². The fraction of sp³-hybridized carbons (Fsp3) is 0.192. The third kappa shape index (κ3) is 5.21. The van der Waals surface area contributed by atoms with Crippen LogP contribution in [0.1, 0.15) is 28.8 Å². The first kappa shape index (κ1) is 21.3. The summed E-state index contributed by atoms with van der Waals surface area (Å²) in [6, 6.07) is 20.7. The minimum absolute atomic E-state index is 0.0526. The quantitative estimate of drug-likeness (QED) is 0.473. The maximum Gasteiger partial charge on any atom is 0.258 e. The van der Waals surface area contributed by atoms with Crippen molar-refractivity contribution in [3.05, 3.63) is 106 Å². The van der Waals surface area contributed by atoms with Crippen LogP contribution < -0.4 is 15.6 Å². The van der Waals surface area contributed by atoms with Crippen LogP contribution in [0.25, 0.3) is 5.65 Å². The van der Waals surface area contributed by atoms with Crippen LogP contribution in [-0.4, -0.2) is 15.3 Å². The number of fused-ring (bicyclic) bond motifs is 1. The predicted molar refractivity (Wildman–Crippen MR) is 125 cm³/mol. The molecule has 0 radical (unpaired) electrons. The fourth-order valence-electron chi connectivity index (χ4n) is 3.44. The van der Waals surface area contributed by atoms with Crippen molar-refractivity contribution < 1.29 is 9.53 Å². The zero-order valence-corrected chi connectivity index (χ0v) is 18.2. The number of aromatic nitrogens is 2. The Hall–Kier alpha value is -3.93. The second kappa shape index (κ2) is 9.47. The van der Waals surface area contributed by atoms with Gasteiger partial charge in [-0.25, -0.2) is 4.98 Å². The average molecular weight is 428 g/mol. The van der Waals surface area contributed by atoms with E-state index < -0.39 is 0 Å². The summed E-state index contributed by atoms with van der Waals surface area (Å²) >= 11 is 0. The summed E-state index contributed by atoms with van der Waals surface area (Å²) in [6.45, 7) is 4.05. The monoisotopic (exact) mass is 427 g/mol. The lowest BCUT2D eigenvalue weighted by Gasteiger charge is -2.12. The minimum atomic E-state index is -0.148. The number of amides is 1. The van der Waals surface area contributed by atoms with Gasteiger partial charge in [0.15, 0.2) is 0 Å². The highest BCUT2D eigenvalue weighted by Gasteiger charge is 2.08. The number of carbonyl (C=O) groups is 1. The first-order valence-corrected chi connectivity index (χ1v) is 10.5. The number of benzene rings is 2. The van der Waals surface area contributed by atoms with E-state index in [0.29, 0.717) is 35.6 Å². The smallest absolute Gasteiger partial charge is 0.258 e. The van der Waals surface area contributed by atoms with Crippen molar-refractivity contribution in [3.8, 4) is 5.75 Å². The standard InChI is InChI=1S/C26H25N3O3/c1-18-12-13-29-24(14-18)27-22(16-26(29)31)17-32-23-15-21(10-8-19(23)2)28-25(30)11-9-20-6-4-3-5-7-20/h3-8,10,12-16H,9,11,17H2,1-2H3,(H,28,30). The third-order valence-electron chi connectivity index (χ3n) is 5.21. The van der Waals surface area contributed by atoms with Crippen molar-refractivity contribution in [2.24, 2.45) is 0 Å². The van der Waals surface area contributed by atoms with Crippen LogP contribution in [0.2, 0.25) is 0 Å². The Kier molecular flexibility index (Phi) is 6.31. The molecule has 6 nitrogen and oxygen atoms in total. The maximum absolute atomic E-state index is 12.4. The van der Waals surface area contributed by atoms with E-state index in [0.717, 1.165) is 16.7 Å². The summed E-state index contributed by atoms with van der Waals surface area (Å²) in [5.74, 6) is 0.584. The largest absolute Gasteiger partial charge is 0.487 e.